The van der Waals surface area contributed by atoms with Crippen LogP contribution in [0.25, 0.3) is 0 Å². The number of rotatable bonds is 4. The molecule has 1 aromatic carbocycles. The first-order valence-corrected chi connectivity index (χ1v) is 10.3. The van der Waals surface area contributed by atoms with Crippen LogP contribution in [0.1, 0.15) is 32.1 Å². The Balaban J connectivity index is 1.44. The average Bonchev–Trinajstić information content (AvgIpc) is 3.12. The molecular weight excluding hydrogens is 380 g/mol. The zero-order valence-corrected chi connectivity index (χ0v) is 16.7. The molecule has 0 radical (unpaired) electrons. The second-order valence-electron chi connectivity index (χ2n) is 7.36. The highest BCUT2D eigenvalue weighted by Gasteiger charge is 2.25. The van der Waals surface area contributed by atoms with Crippen LogP contribution in [0.3, 0.4) is 0 Å². The molecule has 1 heterocycles. The minimum atomic E-state index is -0.189. The van der Waals surface area contributed by atoms with Crippen LogP contribution in [0.4, 0.5) is 10.5 Å². The molecule has 28 heavy (non-hydrogen) atoms. The molecule has 0 atom stereocenters. The highest BCUT2D eigenvalue weighted by molar-refractivity contribution is 6.30. The molecule has 1 aliphatic heterocycles. The van der Waals surface area contributed by atoms with Crippen LogP contribution in [0.15, 0.2) is 24.3 Å². The van der Waals surface area contributed by atoms with Crippen molar-refractivity contribution in [3.8, 4) is 0 Å². The van der Waals surface area contributed by atoms with Crippen molar-refractivity contribution < 1.29 is 14.4 Å². The number of anilines is 1. The lowest BCUT2D eigenvalue weighted by Gasteiger charge is -2.23. The van der Waals surface area contributed by atoms with E-state index >= 15 is 0 Å². The number of carbonyl (C=O) groups excluding carboxylic acids is 3. The Morgan fingerprint density at radius 1 is 0.929 bits per heavy atom. The molecule has 2 fully saturated rings. The molecule has 0 unspecified atom stereocenters. The summed E-state index contributed by atoms with van der Waals surface area (Å²) in [5.41, 5.74) is 0.682. The molecule has 8 heteroatoms. The van der Waals surface area contributed by atoms with E-state index in [0.717, 1.165) is 25.7 Å². The van der Waals surface area contributed by atoms with Gasteiger partial charge in [0.1, 0.15) is 0 Å². The zero-order valence-electron chi connectivity index (χ0n) is 16.0. The lowest BCUT2D eigenvalue weighted by molar-refractivity contribution is -0.133. The van der Waals surface area contributed by atoms with Crippen molar-refractivity contribution in [2.75, 3.05) is 38.0 Å². The summed E-state index contributed by atoms with van der Waals surface area (Å²) in [6.45, 7) is 2.13. The Kier molecular flexibility index (Phi) is 7.14. The van der Waals surface area contributed by atoms with E-state index in [-0.39, 0.29) is 30.3 Å². The van der Waals surface area contributed by atoms with Crippen LogP contribution in [-0.4, -0.2) is 60.4 Å². The minimum absolute atomic E-state index is 0.00959. The van der Waals surface area contributed by atoms with Gasteiger partial charge in [0, 0.05) is 42.8 Å². The first kappa shape index (κ1) is 20.5. The van der Waals surface area contributed by atoms with Crippen LogP contribution in [0.2, 0.25) is 5.02 Å². The van der Waals surface area contributed by atoms with Gasteiger partial charge in [-0.2, -0.15) is 0 Å². The lowest BCUT2D eigenvalue weighted by atomic mass is 10.1. The van der Waals surface area contributed by atoms with Gasteiger partial charge in [0.2, 0.25) is 11.8 Å². The standard InChI is InChI=1S/C20H27ClN4O3/c21-16-6-8-17(9-7-16)23-20(28)25-11-3-10-24(12-13-25)18(26)14-22-19(27)15-4-1-2-5-15/h6-9,15H,1-5,10-14H2,(H,22,27)(H,23,28). The summed E-state index contributed by atoms with van der Waals surface area (Å²) in [6, 6.07) is 6.76. The van der Waals surface area contributed by atoms with Gasteiger partial charge in [-0.25, -0.2) is 4.79 Å². The molecule has 1 saturated heterocycles. The predicted molar refractivity (Wildman–Crippen MR) is 108 cm³/mol. The van der Waals surface area contributed by atoms with Gasteiger partial charge in [-0.15, -0.1) is 0 Å². The number of benzene rings is 1. The maximum atomic E-state index is 12.5. The predicted octanol–water partition coefficient (Wildman–Crippen LogP) is 2.71. The van der Waals surface area contributed by atoms with Gasteiger partial charge < -0.3 is 20.4 Å². The third-order valence-corrected chi connectivity index (χ3v) is 5.62. The number of hydrogen-bond donors (Lipinski definition) is 2. The van der Waals surface area contributed by atoms with E-state index in [9.17, 15) is 14.4 Å². The summed E-state index contributed by atoms with van der Waals surface area (Å²) in [5, 5.41) is 6.24. The molecule has 2 aliphatic rings. The van der Waals surface area contributed by atoms with E-state index in [0.29, 0.717) is 43.3 Å². The van der Waals surface area contributed by atoms with Gasteiger partial charge in [-0.3, -0.25) is 9.59 Å². The van der Waals surface area contributed by atoms with Gasteiger partial charge in [0.15, 0.2) is 0 Å². The number of nitrogens with one attached hydrogen (secondary N) is 2. The summed E-state index contributed by atoms with van der Waals surface area (Å²) in [4.78, 5) is 40.4. The monoisotopic (exact) mass is 406 g/mol. The largest absolute Gasteiger partial charge is 0.347 e. The first-order valence-electron chi connectivity index (χ1n) is 9.90. The molecular formula is C20H27ClN4O3. The van der Waals surface area contributed by atoms with Crippen molar-refractivity contribution in [3.05, 3.63) is 29.3 Å². The topological polar surface area (TPSA) is 81.8 Å². The number of nitrogens with zero attached hydrogens (tertiary/aromatic N) is 2. The summed E-state index contributed by atoms with van der Waals surface area (Å²) in [7, 11) is 0. The molecule has 0 aromatic heterocycles. The lowest BCUT2D eigenvalue weighted by Crippen LogP contribution is -2.43. The minimum Gasteiger partial charge on any atom is -0.347 e. The molecule has 0 bridgehead atoms. The van der Waals surface area contributed by atoms with Gasteiger partial charge in [0.25, 0.3) is 0 Å². The van der Waals surface area contributed by atoms with Crippen molar-refractivity contribution in [2.24, 2.45) is 5.92 Å². The highest BCUT2D eigenvalue weighted by atomic mass is 35.5. The van der Waals surface area contributed by atoms with Gasteiger partial charge in [-0.1, -0.05) is 24.4 Å². The third kappa shape index (κ3) is 5.61. The van der Waals surface area contributed by atoms with Crippen LogP contribution in [0, 0.1) is 5.92 Å². The Bertz CT molecular complexity index is 704. The second kappa shape index (κ2) is 9.78. The highest BCUT2D eigenvalue weighted by Crippen LogP contribution is 2.24. The molecule has 2 N–H and O–H groups in total. The molecule has 7 nitrogen and oxygen atoms in total. The van der Waals surface area contributed by atoms with Crippen molar-refractivity contribution >= 4 is 35.1 Å². The van der Waals surface area contributed by atoms with Crippen molar-refractivity contribution in [3.63, 3.8) is 0 Å². The molecule has 152 valence electrons. The number of halogens is 1. The normalized spacial score (nSPS) is 17.9. The maximum absolute atomic E-state index is 12.5. The molecule has 3 rings (SSSR count). The summed E-state index contributed by atoms with van der Waals surface area (Å²) < 4.78 is 0. The van der Waals surface area contributed by atoms with Crippen molar-refractivity contribution in [1.29, 1.82) is 0 Å². The van der Waals surface area contributed by atoms with E-state index in [1.165, 1.54) is 0 Å². The Morgan fingerprint density at radius 3 is 2.29 bits per heavy atom. The van der Waals surface area contributed by atoms with Crippen LogP contribution >= 0.6 is 11.6 Å². The van der Waals surface area contributed by atoms with E-state index < -0.39 is 0 Å². The van der Waals surface area contributed by atoms with Crippen LogP contribution < -0.4 is 10.6 Å². The number of hydrogen-bond acceptors (Lipinski definition) is 3. The molecule has 1 saturated carbocycles. The number of amides is 4. The van der Waals surface area contributed by atoms with Crippen molar-refractivity contribution in [2.45, 2.75) is 32.1 Å². The number of urea groups is 1. The smallest absolute Gasteiger partial charge is 0.321 e. The van der Waals surface area contributed by atoms with E-state index in [1.807, 2.05) is 0 Å². The van der Waals surface area contributed by atoms with Crippen molar-refractivity contribution in [1.82, 2.24) is 15.1 Å². The van der Waals surface area contributed by atoms with E-state index in [4.69, 9.17) is 11.6 Å². The SMILES string of the molecule is O=C(NCC(=O)N1CCCN(C(=O)Nc2ccc(Cl)cc2)CC1)C1CCCC1. The first-order chi connectivity index (χ1) is 13.5. The zero-order chi connectivity index (χ0) is 19.9. The van der Waals surface area contributed by atoms with Gasteiger partial charge >= 0.3 is 6.03 Å². The molecule has 1 aliphatic carbocycles. The van der Waals surface area contributed by atoms with Crippen LogP contribution in [0.5, 0.6) is 0 Å². The van der Waals surface area contributed by atoms with E-state index in [2.05, 4.69) is 10.6 Å². The molecule has 0 spiro atoms. The Labute approximate surface area is 170 Å². The van der Waals surface area contributed by atoms with Gasteiger partial charge in [0.05, 0.1) is 6.54 Å². The quantitative estimate of drug-likeness (QED) is 0.806. The maximum Gasteiger partial charge on any atom is 0.321 e. The fourth-order valence-corrected chi connectivity index (χ4v) is 3.84. The third-order valence-electron chi connectivity index (χ3n) is 5.37. The summed E-state index contributed by atoms with van der Waals surface area (Å²) in [6.07, 6.45) is 4.72. The second-order valence-corrected chi connectivity index (χ2v) is 7.79. The summed E-state index contributed by atoms with van der Waals surface area (Å²) in [5.74, 6) is -0.0417. The number of carbonyl (C=O) groups is 3. The molecule has 1 aromatic rings. The van der Waals surface area contributed by atoms with E-state index in [1.54, 1.807) is 34.1 Å². The fourth-order valence-electron chi connectivity index (χ4n) is 3.71. The molecule has 4 amide bonds. The Hall–Kier alpha value is -2.28. The van der Waals surface area contributed by atoms with Crippen LogP contribution in [-0.2, 0) is 9.59 Å². The fraction of sp³-hybridized carbons (Fsp3) is 0.550. The average molecular weight is 407 g/mol. The van der Waals surface area contributed by atoms with Gasteiger partial charge in [-0.05, 0) is 43.5 Å². The summed E-state index contributed by atoms with van der Waals surface area (Å²) >= 11 is 5.86. The Morgan fingerprint density at radius 2 is 1.57 bits per heavy atom.